The first-order valence-electron chi connectivity index (χ1n) is 17.9. The molecule has 2 saturated heterocycles. The minimum absolute atomic E-state index is 0.00836. The lowest BCUT2D eigenvalue weighted by molar-refractivity contribution is -0.0118. The molecule has 0 radical (unpaired) electrons. The molecule has 3 aromatic carbocycles. The summed E-state index contributed by atoms with van der Waals surface area (Å²) < 4.78 is 23.0. The van der Waals surface area contributed by atoms with Gasteiger partial charge < -0.3 is 39.6 Å². The Labute approximate surface area is 293 Å². The molecule has 7 rings (SSSR count). The number of amides is 1. The molecule has 11 heteroatoms. The molecule has 3 aromatic rings. The molecule has 3 aliphatic heterocycles. The van der Waals surface area contributed by atoms with E-state index in [0.29, 0.717) is 72.3 Å². The number of fused-ring (bicyclic) bond motifs is 6. The fraction of sp³-hybridized carbons (Fsp3) is 0.462. The summed E-state index contributed by atoms with van der Waals surface area (Å²) in [4.78, 5) is 35.7. The average Bonchev–Trinajstić information content (AvgIpc) is 3.32. The standard InChI is InChI=1S/C39H45N5O6/c1-47-19-4-2-3-5-20-48-22-23-49-21-14-41-38(46)27-8-11-30-33(24-27)39(37(42-40)36(30)45)31-12-9-28(43-15-6-16-43)25-34(31)50-35-26-29(10-13-32(35)39)44-17-7-18-44/h8-13,24-26H,2-7,14-23H2,1H3,(H,41,46). The number of nitrogens with one attached hydrogen (secondary N) is 1. The highest BCUT2D eigenvalue weighted by atomic mass is 16.5. The number of nitrogens with zero attached hydrogens (tertiary/aromatic N) is 4. The Morgan fingerprint density at radius 1 is 0.800 bits per heavy atom. The Kier molecular flexibility index (Phi) is 10.3. The second-order valence-corrected chi connectivity index (χ2v) is 13.3. The molecule has 2 fully saturated rings. The highest BCUT2D eigenvalue weighted by Crippen LogP contribution is 2.57. The van der Waals surface area contributed by atoms with Crippen molar-refractivity contribution in [3.05, 3.63) is 87.9 Å². The first-order valence-corrected chi connectivity index (χ1v) is 17.9. The van der Waals surface area contributed by atoms with Gasteiger partial charge in [-0.1, -0.05) is 25.0 Å². The Balaban J connectivity index is 1.10. The third-order valence-corrected chi connectivity index (χ3v) is 10.3. The normalized spacial score (nSPS) is 16.6. The van der Waals surface area contributed by atoms with Crippen LogP contribution in [0.2, 0.25) is 0 Å². The van der Waals surface area contributed by atoms with Gasteiger partial charge in [0.1, 0.15) is 11.5 Å². The predicted molar refractivity (Wildman–Crippen MR) is 190 cm³/mol. The zero-order chi connectivity index (χ0) is 34.5. The lowest BCUT2D eigenvalue weighted by Gasteiger charge is -2.39. The lowest BCUT2D eigenvalue weighted by atomic mass is 9.67. The number of ether oxygens (including phenoxy) is 4. The Morgan fingerprint density at radius 2 is 1.42 bits per heavy atom. The predicted octanol–water partition coefficient (Wildman–Crippen LogP) is 5.38. The third-order valence-electron chi connectivity index (χ3n) is 10.3. The molecular formula is C39H45N5O6. The van der Waals surface area contributed by atoms with Crippen LogP contribution in [0.5, 0.6) is 11.5 Å². The number of anilines is 2. The minimum atomic E-state index is -1.27. The maximum Gasteiger partial charge on any atom is 0.358 e. The van der Waals surface area contributed by atoms with Crippen molar-refractivity contribution in [3.63, 3.8) is 0 Å². The number of benzene rings is 3. The largest absolute Gasteiger partial charge is 0.457 e. The van der Waals surface area contributed by atoms with Crippen molar-refractivity contribution in [2.75, 3.05) is 82.7 Å². The van der Waals surface area contributed by atoms with Gasteiger partial charge in [-0.2, -0.15) is 4.79 Å². The highest BCUT2D eigenvalue weighted by Gasteiger charge is 2.62. The number of Topliss-reactive ketones (excluding diaryl/α,β-unsaturated/α-hetero) is 1. The van der Waals surface area contributed by atoms with Crippen molar-refractivity contribution in [2.24, 2.45) is 0 Å². The molecule has 11 nitrogen and oxygen atoms in total. The van der Waals surface area contributed by atoms with E-state index in [2.05, 4.69) is 19.9 Å². The van der Waals surface area contributed by atoms with Crippen LogP contribution in [0.15, 0.2) is 54.6 Å². The molecule has 1 N–H and O–H groups in total. The third kappa shape index (κ3) is 6.31. The van der Waals surface area contributed by atoms with Crippen LogP contribution < -0.4 is 19.9 Å². The maximum atomic E-state index is 14.0. The molecular weight excluding hydrogens is 634 g/mol. The van der Waals surface area contributed by atoms with Gasteiger partial charge in [-0.15, -0.1) is 0 Å². The van der Waals surface area contributed by atoms with Crippen molar-refractivity contribution < 1.29 is 33.3 Å². The van der Waals surface area contributed by atoms with Crippen molar-refractivity contribution >= 4 is 28.8 Å². The van der Waals surface area contributed by atoms with Gasteiger partial charge in [0.05, 0.1) is 19.8 Å². The maximum absolute atomic E-state index is 14.0. The monoisotopic (exact) mass is 679 g/mol. The molecule has 0 bridgehead atoms. The van der Waals surface area contributed by atoms with E-state index < -0.39 is 5.41 Å². The summed E-state index contributed by atoms with van der Waals surface area (Å²) in [5.74, 6) is 0.533. The molecule has 3 heterocycles. The van der Waals surface area contributed by atoms with E-state index in [1.54, 1.807) is 25.3 Å². The summed E-state index contributed by atoms with van der Waals surface area (Å²) in [7, 11) is 1.72. The topological polar surface area (TPSA) is 126 Å². The summed E-state index contributed by atoms with van der Waals surface area (Å²) >= 11 is 0. The van der Waals surface area contributed by atoms with Gasteiger partial charge in [-0.25, -0.2) is 0 Å². The van der Waals surface area contributed by atoms with Crippen LogP contribution >= 0.6 is 0 Å². The second-order valence-electron chi connectivity index (χ2n) is 13.3. The summed E-state index contributed by atoms with van der Waals surface area (Å²) in [5, 5.41) is 2.94. The summed E-state index contributed by atoms with van der Waals surface area (Å²) in [6.45, 7) is 7.01. The Morgan fingerprint density at radius 3 is 2.00 bits per heavy atom. The smallest absolute Gasteiger partial charge is 0.358 e. The molecule has 262 valence electrons. The van der Waals surface area contributed by atoms with E-state index in [1.165, 1.54) is 0 Å². The van der Waals surface area contributed by atoms with Crippen LogP contribution in [0.25, 0.3) is 5.53 Å². The number of carbonyl (C=O) groups is 2. The van der Waals surface area contributed by atoms with Crippen LogP contribution in [0.4, 0.5) is 11.4 Å². The number of hydrogen-bond donors (Lipinski definition) is 1. The van der Waals surface area contributed by atoms with Crippen LogP contribution in [-0.2, 0) is 19.6 Å². The Bertz CT molecular complexity index is 1730. The van der Waals surface area contributed by atoms with Crippen LogP contribution in [0, 0.1) is 0 Å². The fourth-order valence-corrected chi connectivity index (χ4v) is 7.37. The zero-order valence-corrected chi connectivity index (χ0v) is 28.7. The molecule has 50 heavy (non-hydrogen) atoms. The van der Waals surface area contributed by atoms with E-state index >= 15 is 0 Å². The van der Waals surface area contributed by atoms with Crippen LogP contribution in [0.1, 0.15) is 75.9 Å². The molecule has 0 unspecified atom stereocenters. The second kappa shape index (κ2) is 15.1. The van der Waals surface area contributed by atoms with Gasteiger partial charge in [0.15, 0.2) is 5.41 Å². The van der Waals surface area contributed by atoms with E-state index in [4.69, 9.17) is 18.9 Å². The van der Waals surface area contributed by atoms with Crippen LogP contribution in [-0.4, -0.2) is 95.1 Å². The van der Waals surface area contributed by atoms with Crippen LogP contribution in [0.3, 0.4) is 0 Å². The molecule has 1 aliphatic carbocycles. The van der Waals surface area contributed by atoms with E-state index in [1.807, 2.05) is 36.4 Å². The molecule has 1 spiro atoms. The number of unbranched alkanes of at least 4 members (excludes halogenated alkanes) is 3. The van der Waals surface area contributed by atoms with Crippen molar-refractivity contribution in [1.29, 1.82) is 0 Å². The molecule has 0 saturated carbocycles. The molecule has 0 aromatic heterocycles. The fourth-order valence-electron chi connectivity index (χ4n) is 7.37. The SMILES string of the molecule is COCCCCCCOCCOCCNC(=O)c1ccc2c(c1)C1(C(=[N+]=[N-])C2=O)c2ccc(N3CCC3)cc2Oc2cc(N3CCC3)ccc21. The number of rotatable bonds is 16. The van der Waals surface area contributed by atoms with Crippen molar-refractivity contribution in [3.8, 4) is 11.5 Å². The molecule has 0 atom stereocenters. The first kappa shape index (κ1) is 33.9. The number of methoxy groups -OCH3 is 1. The van der Waals surface area contributed by atoms with Gasteiger partial charge in [-0.3, -0.25) is 9.59 Å². The first-order chi connectivity index (χ1) is 24.6. The average molecular weight is 680 g/mol. The van der Waals surface area contributed by atoms with Gasteiger partial charge in [0.2, 0.25) is 0 Å². The summed E-state index contributed by atoms with van der Waals surface area (Å²) in [5.41, 5.74) is 14.1. The summed E-state index contributed by atoms with van der Waals surface area (Å²) in [6, 6.07) is 17.1. The minimum Gasteiger partial charge on any atom is -0.457 e. The van der Waals surface area contributed by atoms with E-state index in [0.717, 1.165) is 82.7 Å². The van der Waals surface area contributed by atoms with Gasteiger partial charge in [-0.05, 0) is 61.6 Å². The zero-order valence-electron chi connectivity index (χ0n) is 28.7. The van der Waals surface area contributed by atoms with Gasteiger partial charge in [0.25, 0.3) is 11.7 Å². The van der Waals surface area contributed by atoms with Crippen molar-refractivity contribution in [2.45, 2.75) is 43.9 Å². The van der Waals surface area contributed by atoms with E-state index in [9.17, 15) is 15.1 Å². The summed E-state index contributed by atoms with van der Waals surface area (Å²) in [6.07, 6.45) is 6.62. The number of hydrogen-bond acceptors (Lipinski definition) is 8. The molecule has 1 amide bonds. The van der Waals surface area contributed by atoms with Crippen molar-refractivity contribution in [1.82, 2.24) is 5.32 Å². The van der Waals surface area contributed by atoms with E-state index in [-0.39, 0.29) is 17.4 Å². The van der Waals surface area contributed by atoms with Gasteiger partial charge >= 0.3 is 5.71 Å². The van der Waals surface area contributed by atoms with Gasteiger partial charge in [0, 0.05) is 98.8 Å². The quantitative estimate of drug-likeness (QED) is 0.122. The highest BCUT2D eigenvalue weighted by molar-refractivity contribution is 6.52. The number of carbonyl (C=O) groups excluding carboxylic acids is 2. The lowest BCUT2D eigenvalue weighted by Crippen LogP contribution is -2.41. The number of ketones is 1. The Hall–Kier alpha value is -4.54. The molecule has 4 aliphatic rings.